The largest absolute Gasteiger partial charge is 0.381 e. The molecule has 5 nitrogen and oxygen atoms in total. The molecule has 15 heavy (non-hydrogen) atoms. The van der Waals surface area contributed by atoms with Crippen molar-refractivity contribution in [2.24, 2.45) is 13.0 Å². The lowest BCUT2D eigenvalue weighted by Gasteiger charge is -2.07. The SMILES string of the molecule is Cn1cc(CNCCC2CCOC2)nn1. The van der Waals surface area contributed by atoms with Gasteiger partial charge in [-0.05, 0) is 25.3 Å². The summed E-state index contributed by atoms with van der Waals surface area (Å²) in [7, 11) is 1.88. The predicted molar refractivity (Wildman–Crippen MR) is 56.3 cm³/mol. The fourth-order valence-electron chi connectivity index (χ4n) is 1.81. The average Bonchev–Trinajstić information content (AvgIpc) is 2.84. The summed E-state index contributed by atoms with van der Waals surface area (Å²) in [5, 5.41) is 11.3. The highest BCUT2D eigenvalue weighted by Crippen LogP contribution is 2.15. The second kappa shape index (κ2) is 5.23. The van der Waals surface area contributed by atoms with Crippen LogP contribution in [0.5, 0.6) is 0 Å². The standard InChI is InChI=1S/C10H18N4O/c1-14-7-10(12-13-14)6-11-4-2-9-3-5-15-8-9/h7,9,11H,2-6,8H2,1H3. The molecule has 1 saturated heterocycles. The first kappa shape index (κ1) is 10.6. The van der Waals surface area contributed by atoms with Crippen LogP contribution in [0, 0.1) is 5.92 Å². The minimum Gasteiger partial charge on any atom is -0.381 e. The molecule has 2 rings (SSSR count). The van der Waals surface area contributed by atoms with Gasteiger partial charge in [0, 0.05) is 33.0 Å². The molecule has 1 atom stereocenters. The molecule has 1 N–H and O–H groups in total. The molecule has 0 spiro atoms. The Balaban J connectivity index is 1.58. The smallest absolute Gasteiger partial charge is 0.0964 e. The first-order valence-corrected chi connectivity index (χ1v) is 5.48. The third kappa shape index (κ3) is 3.28. The minimum absolute atomic E-state index is 0.749. The summed E-state index contributed by atoms with van der Waals surface area (Å²) in [5.74, 6) is 0.749. The summed E-state index contributed by atoms with van der Waals surface area (Å²) < 4.78 is 7.05. The van der Waals surface area contributed by atoms with Gasteiger partial charge in [0.15, 0.2) is 0 Å². The Morgan fingerprint density at radius 2 is 2.60 bits per heavy atom. The molecule has 1 aliphatic rings. The monoisotopic (exact) mass is 210 g/mol. The van der Waals surface area contributed by atoms with E-state index in [2.05, 4.69) is 15.6 Å². The van der Waals surface area contributed by atoms with Crippen molar-refractivity contribution in [3.05, 3.63) is 11.9 Å². The van der Waals surface area contributed by atoms with E-state index in [0.717, 1.165) is 37.9 Å². The average molecular weight is 210 g/mol. The maximum Gasteiger partial charge on any atom is 0.0964 e. The van der Waals surface area contributed by atoms with Crippen LogP contribution in [0.25, 0.3) is 0 Å². The summed E-state index contributed by atoms with van der Waals surface area (Å²) >= 11 is 0. The van der Waals surface area contributed by atoms with Crippen LogP contribution in [0.3, 0.4) is 0 Å². The third-order valence-electron chi connectivity index (χ3n) is 2.71. The normalized spacial score (nSPS) is 21.0. The molecule has 84 valence electrons. The molecule has 0 radical (unpaired) electrons. The molecule has 5 heteroatoms. The zero-order chi connectivity index (χ0) is 10.5. The van der Waals surface area contributed by atoms with Crippen molar-refractivity contribution in [1.82, 2.24) is 20.3 Å². The summed E-state index contributed by atoms with van der Waals surface area (Å²) in [6, 6.07) is 0. The van der Waals surface area contributed by atoms with E-state index in [9.17, 15) is 0 Å². The van der Waals surface area contributed by atoms with Gasteiger partial charge in [0.1, 0.15) is 0 Å². The molecule has 1 aromatic heterocycles. The van der Waals surface area contributed by atoms with Crippen molar-refractivity contribution in [3.63, 3.8) is 0 Å². The summed E-state index contributed by atoms with van der Waals surface area (Å²) in [4.78, 5) is 0. The molecule has 1 unspecified atom stereocenters. The number of hydrogen-bond donors (Lipinski definition) is 1. The summed E-state index contributed by atoms with van der Waals surface area (Å²) in [5.41, 5.74) is 1.00. The number of ether oxygens (including phenoxy) is 1. The Morgan fingerprint density at radius 1 is 1.67 bits per heavy atom. The molecule has 0 amide bonds. The Labute approximate surface area is 89.8 Å². The van der Waals surface area contributed by atoms with E-state index in [0.29, 0.717) is 0 Å². The first-order valence-electron chi connectivity index (χ1n) is 5.48. The molecule has 1 fully saturated rings. The second-order valence-electron chi connectivity index (χ2n) is 4.08. The van der Waals surface area contributed by atoms with Gasteiger partial charge in [-0.2, -0.15) is 0 Å². The Bertz CT molecular complexity index is 293. The lowest BCUT2D eigenvalue weighted by Crippen LogP contribution is -2.18. The number of rotatable bonds is 5. The molecule has 1 aromatic rings. The summed E-state index contributed by atoms with van der Waals surface area (Å²) in [6.45, 7) is 3.72. The van der Waals surface area contributed by atoms with E-state index >= 15 is 0 Å². The third-order valence-corrected chi connectivity index (χ3v) is 2.71. The molecular weight excluding hydrogens is 192 g/mol. The quantitative estimate of drug-likeness (QED) is 0.712. The van der Waals surface area contributed by atoms with Gasteiger partial charge in [0.05, 0.1) is 5.69 Å². The number of nitrogens with one attached hydrogen (secondary N) is 1. The highest BCUT2D eigenvalue weighted by molar-refractivity contribution is 4.90. The zero-order valence-corrected chi connectivity index (χ0v) is 9.15. The fourth-order valence-corrected chi connectivity index (χ4v) is 1.81. The van der Waals surface area contributed by atoms with E-state index < -0.39 is 0 Å². The van der Waals surface area contributed by atoms with Gasteiger partial charge in [-0.15, -0.1) is 5.10 Å². The summed E-state index contributed by atoms with van der Waals surface area (Å²) in [6.07, 6.45) is 4.35. The van der Waals surface area contributed by atoms with Gasteiger partial charge < -0.3 is 10.1 Å². The maximum atomic E-state index is 5.32. The molecule has 0 saturated carbocycles. The van der Waals surface area contributed by atoms with Crippen LogP contribution in [-0.2, 0) is 18.3 Å². The van der Waals surface area contributed by atoms with E-state index in [1.54, 1.807) is 4.68 Å². The van der Waals surface area contributed by atoms with Crippen molar-refractivity contribution in [3.8, 4) is 0 Å². The Hall–Kier alpha value is -0.940. The molecule has 0 aromatic carbocycles. The molecule has 1 aliphatic heterocycles. The van der Waals surface area contributed by atoms with Gasteiger partial charge >= 0.3 is 0 Å². The maximum absolute atomic E-state index is 5.32. The van der Waals surface area contributed by atoms with E-state index in [4.69, 9.17) is 4.74 Å². The van der Waals surface area contributed by atoms with E-state index in [1.165, 1.54) is 12.8 Å². The number of aryl methyl sites for hydroxylation is 1. The van der Waals surface area contributed by atoms with Crippen molar-refractivity contribution < 1.29 is 4.74 Å². The van der Waals surface area contributed by atoms with Crippen LogP contribution < -0.4 is 5.32 Å². The van der Waals surface area contributed by atoms with Crippen LogP contribution in [0.4, 0.5) is 0 Å². The van der Waals surface area contributed by atoms with Crippen molar-refractivity contribution >= 4 is 0 Å². The lowest BCUT2D eigenvalue weighted by atomic mass is 10.1. The van der Waals surface area contributed by atoms with Crippen LogP contribution in [0.15, 0.2) is 6.20 Å². The molecule has 2 heterocycles. The van der Waals surface area contributed by atoms with Crippen LogP contribution in [0.2, 0.25) is 0 Å². The van der Waals surface area contributed by atoms with Gasteiger partial charge in [-0.25, -0.2) is 0 Å². The van der Waals surface area contributed by atoms with Crippen LogP contribution in [-0.4, -0.2) is 34.8 Å². The first-order chi connectivity index (χ1) is 7.34. The van der Waals surface area contributed by atoms with E-state index in [1.807, 2.05) is 13.2 Å². The van der Waals surface area contributed by atoms with Gasteiger partial charge in [0.2, 0.25) is 0 Å². The van der Waals surface area contributed by atoms with Crippen LogP contribution >= 0.6 is 0 Å². The fraction of sp³-hybridized carbons (Fsp3) is 0.800. The van der Waals surface area contributed by atoms with Crippen molar-refractivity contribution in [2.75, 3.05) is 19.8 Å². The zero-order valence-electron chi connectivity index (χ0n) is 9.15. The molecule has 0 bridgehead atoms. The Morgan fingerprint density at radius 3 is 3.27 bits per heavy atom. The topological polar surface area (TPSA) is 52.0 Å². The number of hydrogen-bond acceptors (Lipinski definition) is 4. The predicted octanol–water partition coefficient (Wildman–Crippen LogP) is 0.331. The highest BCUT2D eigenvalue weighted by Gasteiger charge is 2.14. The van der Waals surface area contributed by atoms with Gasteiger partial charge in [-0.1, -0.05) is 5.21 Å². The van der Waals surface area contributed by atoms with Gasteiger partial charge in [-0.3, -0.25) is 4.68 Å². The second-order valence-corrected chi connectivity index (χ2v) is 4.08. The highest BCUT2D eigenvalue weighted by atomic mass is 16.5. The molecule has 0 aliphatic carbocycles. The molecular formula is C10H18N4O. The minimum atomic E-state index is 0.749. The Kier molecular flexibility index (Phi) is 3.69. The number of nitrogens with zero attached hydrogens (tertiary/aromatic N) is 3. The lowest BCUT2D eigenvalue weighted by molar-refractivity contribution is 0.184. The number of aromatic nitrogens is 3. The van der Waals surface area contributed by atoms with Crippen molar-refractivity contribution in [1.29, 1.82) is 0 Å². The van der Waals surface area contributed by atoms with Crippen molar-refractivity contribution in [2.45, 2.75) is 19.4 Å². The van der Waals surface area contributed by atoms with Gasteiger partial charge in [0.25, 0.3) is 0 Å². The van der Waals surface area contributed by atoms with E-state index in [-0.39, 0.29) is 0 Å². The van der Waals surface area contributed by atoms with Crippen LogP contribution in [0.1, 0.15) is 18.5 Å².